The minimum atomic E-state index is -2.33. The monoisotopic (exact) mass is 393 g/mol. The highest BCUT2D eigenvalue weighted by Crippen LogP contribution is 2.34. The molecule has 8 nitrogen and oxygen atoms in total. The van der Waals surface area contributed by atoms with E-state index < -0.39 is 31.0 Å². The lowest BCUT2D eigenvalue weighted by Crippen LogP contribution is -2.56. The van der Waals surface area contributed by atoms with Crippen LogP contribution in [0.5, 0.6) is 0 Å². The molecule has 2 atom stereocenters. The molecule has 29 heavy (non-hydrogen) atoms. The number of likely N-dealkylation sites (tertiary alicyclic amines) is 1. The minimum absolute atomic E-state index is 0.0736. The third-order valence-corrected chi connectivity index (χ3v) is 5.08. The van der Waals surface area contributed by atoms with Gasteiger partial charge in [-0.15, -0.1) is 0 Å². The lowest BCUT2D eigenvalue weighted by molar-refractivity contribution is 0.0716. The smallest absolute Gasteiger partial charge is 0.257 e. The molecule has 8 heteroatoms. The third-order valence-electron chi connectivity index (χ3n) is 5.08. The number of piperazine rings is 1. The number of fused-ring (bicyclic) bond motifs is 2. The van der Waals surface area contributed by atoms with E-state index in [4.69, 9.17) is 5.48 Å². The van der Waals surface area contributed by atoms with Crippen LogP contribution in [0.1, 0.15) is 40.1 Å². The molecule has 2 unspecified atom stereocenters. The van der Waals surface area contributed by atoms with E-state index in [0.29, 0.717) is 18.8 Å². The zero-order chi connectivity index (χ0) is 23.5. The van der Waals surface area contributed by atoms with Gasteiger partial charge in [-0.25, -0.2) is 19.6 Å². The molecular formula is C21H23N7O. The first-order valence-corrected chi connectivity index (χ1v) is 9.52. The van der Waals surface area contributed by atoms with Crippen molar-refractivity contribution in [2.24, 2.45) is 0 Å². The maximum atomic E-state index is 13.7. The van der Waals surface area contributed by atoms with Gasteiger partial charge in [0.1, 0.15) is 0 Å². The number of carbonyl (C=O) groups is 1. The fraction of sp³-hybridized carbons (Fsp3) is 0.381. The lowest BCUT2D eigenvalue weighted by atomic mass is 10.1. The van der Waals surface area contributed by atoms with Crippen molar-refractivity contribution in [3.05, 3.63) is 59.8 Å². The van der Waals surface area contributed by atoms with E-state index in [2.05, 4.69) is 20.1 Å². The molecule has 3 aromatic heterocycles. The summed E-state index contributed by atoms with van der Waals surface area (Å²) in [6, 6.07) is 5.00. The van der Waals surface area contributed by atoms with Crippen molar-refractivity contribution in [3.63, 3.8) is 0 Å². The first-order valence-electron chi connectivity index (χ1n) is 11.5. The van der Waals surface area contributed by atoms with Crippen LogP contribution in [0.3, 0.4) is 0 Å². The predicted molar refractivity (Wildman–Crippen MR) is 108 cm³/mol. The zero-order valence-corrected chi connectivity index (χ0v) is 16.1. The first-order chi connectivity index (χ1) is 15.6. The van der Waals surface area contributed by atoms with Gasteiger partial charge >= 0.3 is 0 Å². The van der Waals surface area contributed by atoms with Gasteiger partial charge in [-0.2, -0.15) is 5.10 Å². The van der Waals surface area contributed by atoms with Crippen LogP contribution in [0, 0.1) is 13.8 Å². The normalized spacial score (nSPS) is 26.4. The van der Waals surface area contributed by atoms with Crippen LogP contribution >= 0.6 is 0 Å². The van der Waals surface area contributed by atoms with Crippen molar-refractivity contribution < 1.29 is 10.3 Å². The van der Waals surface area contributed by atoms with Crippen molar-refractivity contribution in [2.45, 2.75) is 38.8 Å². The van der Waals surface area contributed by atoms with Gasteiger partial charge in [0.25, 0.3) is 5.91 Å². The molecule has 3 aromatic rings. The standard InChI is InChI=1S/C21H23N7O/c1-14-11-15(2)25-21(24-14)28-16-6-7-17(28)13-26(12-16)20(29)18-5-3-8-22-19(18)27-10-4-9-23-27/h3-5,8-11,16-17H,6-7,12-13H2,1-2H3/i12D2,13D2. The topological polar surface area (TPSA) is 80.0 Å². The van der Waals surface area contributed by atoms with Gasteiger partial charge in [0.2, 0.25) is 5.95 Å². The molecular weight excluding hydrogens is 366 g/mol. The average molecular weight is 393 g/mol. The number of aryl methyl sites for hydroxylation is 2. The third kappa shape index (κ3) is 3.14. The second-order valence-electron chi connectivity index (χ2n) is 7.19. The van der Waals surface area contributed by atoms with E-state index in [9.17, 15) is 4.79 Å². The molecule has 2 aliphatic heterocycles. The van der Waals surface area contributed by atoms with E-state index in [-0.39, 0.29) is 11.4 Å². The molecule has 2 bridgehead atoms. The van der Waals surface area contributed by atoms with Gasteiger partial charge in [0.05, 0.1) is 11.0 Å². The number of rotatable bonds is 3. The summed E-state index contributed by atoms with van der Waals surface area (Å²) in [5.41, 5.74) is 1.51. The highest BCUT2D eigenvalue weighted by Gasteiger charge is 2.43. The Labute approximate surface area is 174 Å². The average Bonchev–Trinajstić information content (AvgIpc) is 3.42. The summed E-state index contributed by atoms with van der Waals surface area (Å²) in [7, 11) is 0. The largest absolute Gasteiger partial charge is 0.334 e. The Balaban J connectivity index is 1.60. The van der Waals surface area contributed by atoms with Crippen LogP contribution < -0.4 is 4.90 Å². The molecule has 148 valence electrons. The number of carbonyl (C=O) groups excluding carboxylic acids is 1. The summed E-state index contributed by atoms with van der Waals surface area (Å²) >= 11 is 0. The van der Waals surface area contributed by atoms with Crippen molar-refractivity contribution in [3.8, 4) is 5.82 Å². The lowest BCUT2D eigenvalue weighted by Gasteiger charge is -2.41. The molecule has 2 fully saturated rings. The van der Waals surface area contributed by atoms with Crippen LogP contribution in [-0.4, -0.2) is 60.6 Å². The molecule has 5 rings (SSSR count). The van der Waals surface area contributed by atoms with Crippen LogP contribution in [0.2, 0.25) is 0 Å². The van der Waals surface area contributed by atoms with Crippen LogP contribution in [0.4, 0.5) is 5.95 Å². The maximum Gasteiger partial charge on any atom is 0.257 e. The van der Waals surface area contributed by atoms with Crippen molar-refractivity contribution in [1.82, 2.24) is 29.6 Å². The van der Waals surface area contributed by atoms with Gasteiger partial charge in [-0.3, -0.25) is 4.79 Å². The molecule has 0 spiro atoms. The van der Waals surface area contributed by atoms with Crippen molar-refractivity contribution >= 4 is 11.9 Å². The second-order valence-corrected chi connectivity index (χ2v) is 7.19. The van der Waals surface area contributed by atoms with Gasteiger partial charge in [-0.1, -0.05) is 0 Å². The Morgan fingerprint density at radius 1 is 1.10 bits per heavy atom. The molecule has 0 aromatic carbocycles. The molecule has 2 saturated heterocycles. The van der Waals surface area contributed by atoms with Crippen LogP contribution in [0.25, 0.3) is 5.82 Å². The number of amides is 1. The SMILES string of the molecule is [2H]C1([2H])C2CCC(N2c2nc(C)cc(C)n2)C([2H])([2H])N1C(=O)c1cccnc1-n1cccn1. The molecule has 5 heterocycles. The van der Waals surface area contributed by atoms with E-state index in [1.807, 2.05) is 19.9 Å². The number of hydrogen-bond donors (Lipinski definition) is 0. The fourth-order valence-electron chi connectivity index (χ4n) is 3.88. The fourth-order valence-corrected chi connectivity index (χ4v) is 3.88. The summed E-state index contributed by atoms with van der Waals surface area (Å²) in [6.07, 6.45) is 5.43. The van der Waals surface area contributed by atoms with Gasteiger partial charge < -0.3 is 9.80 Å². The highest BCUT2D eigenvalue weighted by molar-refractivity contribution is 5.97. The Bertz CT molecular complexity index is 1170. The Hall–Kier alpha value is -3.29. The Morgan fingerprint density at radius 3 is 2.48 bits per heavy atom. The summed E-state index contributed by atoms with van der Waals surface area (Å²) in [4.78, 5) is 29.3. The van der Waals surface area contributed by atoms with E-state index >= 15 is 0 Å². The Kier molecular flexibility index (Phi) is 3.31. The molecule has 1 amide bonds. The quantitative estimate of drug-likeness (QED) is 0.678. The first kappa shape index (κ1) is 13.8. The molecule has 2 aliphatic rings. The van der Waals surface area contributed by atoms with Gasteiger partial charge in [-0.05, 0) is 51.0 Å². The minimum Gasteiger partial charge on any atom is -0.334 e. The summed E-state index contributed by atoms with van der Waals surface area (Å²) < 4.78 is 37.1. The predicted octanol–water partition coefficient (Wildman–Crippen LogP) is 2.17. The summed E-state index contributed by atoms with van der Waals surface area (Å²) in [5.74, 6) is -0.272. The zero-order valence-electron chi connectivity index (χ0n) is 20.1. The number of aromatic nitrogens is 5. The molecule has 0 N–H and O–H groups in total. The highest BCUT2D eigenvalue weighted by atomic mass is 16.2. The number of pyridine rings is 1. The van der Waals surface area contributed by atoms with Crippen LogP contribution in [-0.2, 0) is 0 Å². The Morgan fingerprint density at radius 2 is 1.83 bits per heavy atom. The van der Waals surface area contributed by atoms with E-state index in [1.165, 1.54) is 16.9 Å². The molecule has 0 radical (unpaired) electrons. The van der Waals surface area contributed by atoms with Gasteiger partial charge in [0.15, 0.2) is 5.82 Å². The molecule has 0 saturated carbocycles. The summed E-state index contributed by atoms with van der Waals surface area (Å²) in [6.45, 7) is -1.01. The molecule has 0 aliphatic carbocycles. The number of hydrogen-bond acceptors (Lipinski definition) is 6. The second kappa shape index (κ2) is 6.95. The van der Waals surface area contributed by atoms with E-state index in [1.54, 1.807) is 29.4 Å². The number of anilines is 1. The summed E-state index contributed by atoms with van der Waals surface area (Å²) in [5, 5.41) is 4.13. The van der Waals surface area contributed by atoms with Crippen molar-refractivity contribution in [1.29, 1.82) is 0 Å². The number of nitrogens with zero attached hydrogens (tertiary/aromatic N) is 7. The maximum absolute atomic E-state index is 13.7. The van der Waals surface area contributed by atoms with Crippen LogP contribution in [0.15, 0.2) is 42.9 Å². The van der Waals surface area contributed by atoms with Crippen molar-refractivity contribution in [2.75, 3.05) is 17.9 Å². The van der Waals surface area contributed by atoms with E-state index in [0.717, 1.165) is 16.3 Å². The van der Waals surface area contributed by atoms with Gasteiger partial charge in [0, 0.05) is 55.1 Å².